The molecule has 0 spiro atoms. The second kappa shape index (κ2) is 7.37. The number of nitrogens with zero attached hydrogens (tertiary/aromatic N) is 1. The number of fused-ring (bicyclic) bond motifs is 2. The molecule has 2 aromatic carbocycles. The van der Waals surface area contributed by atoms with Crippen LogP contribution >= 0.6 is 0 Å². The molecule has 0 saturated heterocycles. The van der Waals surface area contributed by atoms with Crippen molar-refractivity contribution in [3.8, 4) is 5.75 Å². The van der Waals surface area contributed by atoms with Crippen molar-refractivity contribution in [2.24, 2.45) is 0 Å². The Morgan fingerprint density at radius 1 is 1.14 bits per heavy atom. The highest BCUT2D eigenvalue weighted by Gasteiger charge is 2.42. The van der Waals surface area contributed by atoms with Gasteiger partial charge in [-0.3, -0.25) is 9.59 Å². The summed E-state index contributed by atoms with van der Waals surface area (Å²) in [5.41, 5.74) is 3.09. The van der Waals surface area contributed by atoms with Gasteiger partial charge >= 0.3 is 0 Å². The first-order chi connectivity index (χ1) is 14.0. The van der Waals surface area contributed by atoms with Crippen LogP contribution in [0.2, 0.25) is 0 Å². The molecule has 4 rings (SSSR count). The van der Waals surface area contributed by atoms with Crippen molar-refractivity contribution in [3.05, 3.63) is 74.6 Å². The number of hydrogen-bond acceptors (Lipinski definition) is 5. The zero-order chi connectivity index (χ0) is 20.7. The predicted molar refractivity (Wildman–Crippen MR) is 110 cm³/mol. The molecule has 6 nitrogen and oxygen atoms in total. The van der Waals surface area contributed by atoms with Crippen molar-refractivity contribution in [2.75, 3.05) is 19.8 Å². The molecule has 29 heavy (non-hydrogen) atoms. The molecule has 1 aromatic heterocycles. The Hall–Kier alpha value is -3.12. The second-order valence-corrected chi connectivity index (χ2v) is 7.26. The van der Waals surface area contributed by atoms with Gasteiger partial charge in [0.1, 0.15) is 11.3 Å². The molecule has 1 amide bonds. The average molecular weight is 393 g/mol. The monoisotopic (exact) mass is 393 g/mol. The summed E-state index contributed by atoms with van der Waals surface area (Å²) in [6.07, 6.45) is 0. The van der Waals surface area contributed by atoms with Crippen LogP contribution in [0.1, 0.15) is 45.8 Å². The molecule has 0 aliphatic carbocycles. The third-order valence-electron chi connectivity index (χ3n) is 5.24. The normalized spacial score (nSPS) is 15.8. The molecular formula is C23H23NO5. The molecule has 1 unspecified atom stereocenters. The van der Waals surface area contributed by atoms with Crippen LogP contribution in [0.4, 0.5) is 0 Å². The van der Waals surface area contributed by atoms with Crippen molar-refractivity contribution in [1.29, 1.82) is 0 Å². The fourth-order valence-corrected chi connectivity index (χ4v) is 4.07. The number of aliphatic hydroxyl groups excluding tert-OH is 1. The number of hydrogen-bond donors (Lipinski definition) is 1. The maximum Gasteiger partial charge on any atom is 0.290 e. The number of β-amino-alcohol motifs (C(OH)–C–C–N with tert-alkyl or cyclic N) is 1. The van der Waals surface area contributed by atoms with Gasteiger partial charge in [0.2, 0.25) is 5.76 Å². The maximum atomic E-state index is 13.4. The molecule has 1 atom stereocenters. The second-order valence-electron chi connectivity index (χ2n) is 7.26. The highest BCUT2D eigenvalue weighted by atomic mass is 16.5. The maximum absolute atomic E-state index is 13.4. The summed E-state index contributed by atoms with van der Waals surface area (Å²) in [6.45, 7) is 6.14. The van der Waals surface area contributed by atoms with Crippen LogP contribution < -0.4 is 10.2 Å². The van der Waals surface area contributed by atoms with Gasteiger partial charge in [-0.2, -0.15) is 0 Å². The van der Waals surface area contributed by atoms with Gasteiger partial charge in [0, 0.05) is 6.54 Å². The van der Waals surface area contributed by atoms with Crippen molar-refractivity contribution >= 4 is 16.9 Å². The number of aryl methyl sites for hydroxylation is 2. The van der Waals surface area contributed by atoms with Crippen LogP contribution in [0.15, 0.2) is 45.6 Å². The lowest BCUT2D eigenvalue weighted by Gasteiger charge is -2.24. The van der Waals surface area contributed by atoms with Gasteiger partial charge in [0.25, 0.3) is 5.91 Å². The lowest BCUT2D eigenvalue weighted by molar-refractivity contribution is 0.0691. The number of aliphatic hydroxyl groups is 1. The smallest absolute Gasteiger partial charge is 0.290 e. The van der Waals surface area contributed by atoms with Gasteiger partial charge in [0.05, 0.1) is 30.2 Å². The summed E-state index contributed by atoms with van der Waals surface area (Å²) in [7, 11) is 0. The Balaban J connectivity index is 1.95. The number of rotatable bonds is 5. The highest BCUT2D eigenvalue weighted by Crippen LogP contribution is 2.38. The fraction of sp³-hybridized carbons (Fsp3) is 0.304. The van der Waals surface area contributed by atoms with Crippen molar-refractivity contribution < 1.29 is 19.1 Å². The number of ether oxygens (including phenoxy) is 1. The van der Waals surface area contributed by atoms with E-state index in [-0.39, 0.29) is 30.2 Å². The third-order valence-corrected chi connectivity index (χ3v) is 5.24. The van der Waals surface area contributed by atoms with E-state index in [4.69, 9.17) is 9.15 Å². The highest BCUT2D eigenvalue weighted by molar-refractivity contribution is 5.99. The van der Waals surface area contributed by atoms with Crippen molar-refractivity contribution in [1.82, 2.24) is 4.90 Å². The number of amides is 1. The minimum Gasteiger partial charge on any atom is -0.494 e. The standard InChI is InChI=1S/C23H23NO5/c1-4-28-16-7-5-15(6-8-16)19-18-20(26)17-12-13(2)11-14(3)21(17)29-22(18)23(27)24(19)9-10-25/h5-8,11-12,19,25H,4,9-10H2,1-3H3. The first-order valence-corrected chi connectivity index (χ1v) is 9.68. The molecule has 0 saturated carbocycles. The predicted octanol–water partition coefficient (Wildman–Crippen LogP) is 3.35. The largest absolute Gasteiger partial charge is 0.494 e. The molecule has 1 N–H and O–H groups in total. The zero-order valence-electron chi connectivity index (χ0n) is 16.7. The Kier molecular flexibility index (Phi) is 4.88. The molecule has 2 heterocycles. The van der Waals surface area contributed by atoms with E-state index in [1.807, 2.05) is 51.1 Å². The van der Waals surface area contributed by atoms with Gasteiger partial charge in [-0.25, -0.2) is 0 Å². The van der Waals surface area contributed by atoms with Crippen LogP contribution in [0, 0.1) is 13.8 Å². The molecule has 150 valence electrons. The van der Waals surface area contributed by atoms with Gasteiger partial charge in [-0.15, -0.1) is 0 Å². The SMILES string of the molecule is CCOc1ccc(C2c3c(oc4c(C)cc(C)cc4c3=O)C(=O)N2CCO)cc1. The molecule has 1 aliphatic heterocycles. The van der Waals surface area contributed by atoms with E-state index in [2.05, 4.69) is 0 Å². The Morgan fingerprint density at radius 3 is 2.52 bits per heavy atom. The zero-order valence-corrected chi connectivity index (χ0v) is 16.7. The van der Waals surface area contributed by atoms with E-state index < -0.39 is 6.04 Å². The van der Waals surface area contributed by atoms with E-state index >= 15 is 0 Å². The lowest BCUT2D eigenvalue weighted by atomic mass is 9.97. The van der Waals surface area contributed by atoms with Crippen LogP contribution in [-0.2, 0) is 0 Å². The Morgan fingerprint density at radius 2 is 1.86 bits per heavy atom. The van der Waals surface area contributed by atoms with Crippen LogP contribution in [0.5, 0.6) is 5.75 Å². The summed E-state index contributed by atoms with van der Waals surface area (Å²) in [4.78, 5) is 28.0. The van der Waals surface area contributed by atoms with Gasteiger partial charge in [0.15, 0.2) is 5.43 Å². The topological polar surface area (TPSA) is 80.0 Å². The Bertz CT molecular complexity index is 1150. The van der Waals surface area contributed by atoms with Crippen LogP contribution in [0.3, 0.4) is 0 Å². The molecule has 1 aliphatic rings. The molecule has 0 fully saturated rings. The quantitative estimate of drug-likeness (QED) is 0.719. The minimum absolute atomic E-state index is 0.0572. The average Bonchev–Trinajstić information content (AvgIpc) is 2.97. The molecular weight excluding hydrogens is 370 g/mol. The Labute approximate surface area is 168 Å². The lowest BCUT2D eigenvalue weighted by Crippen LogP contribution is -2.32. The van der Waals surface area contributed by atoms with E-state index in [0.29, 0.717) is 28.9 Å². The fourth-order valence-electron chi connectivity index (χ4n) is 4.07. The van der Waals surface area contributed by atoms with E-state index in [1.165, 1.54) is 4.90 Å². The molecule has 3 aromatic rings. The number of carbonyl (C=O) groups excluding carboxylic acids is 1. The van der Waals surface area contributed by atoms with Gasteiger partial charge < -0.3 is 19.2 Å². The van der Waals surface area contributed by atoms with E-state index in [9.17, 15) is 14.7 Å². The van der Waals surface area contributed by atoms with Crippen LogP contribution in [-0.4, -0.2) is 35.7 Å². The summed E-state index contributed by atoms with van der Waals surface area (Å²) < 4.78 is 11.5. The summed E-state index contributed by atoms with van der Waals surface area (Å²) in [5, 5.41) is 9.99. The summed E-state index contributed by atoms with van der Waals surface area (Å²) in [5.74, 6) is 0.389. The van der Waals surface area contributed by atoms with Crippen LogP contribution in [0.25, 0.3) is 11.0 Å². The summed E-state index contributed by atoms with van der Waals surface area (Å²) >= 11 is 0. The summed E-state index contributed by atoms with van der Waals surface area (Å²) in [6, 6.07) is 10.4. The van der Waals surface area contributed by atoms with E-state index in [1.54, 1.807) is 6.07 Å². The van der Waals surface area contributed by atoms with Gasteiger partial charge in [-0.05, 0) is 55.7 Å². The van der Waals surface area contributed by atoms with Gasteiger partial charge in [-0.1, -0.05) is 18.2 Å². The molecule has 6 heteroatoms. The molecule has 0 radical (unpaired) electrons. The first-order valence-electron chi connectivity index (χ1n) is 9.68. The van der Waals surface area contributed by atoms with Crippen molar-refractivity contribution in [3.63, 3.8) is 0 Å². The number of carbonyl (C=O) groups is 1. The van der Waals surface area contributed by atoms with Crippen molar-refractivity contribution in [2.45, 2.75) is 26.8 Å². The number of benzene rings is 2. The minimum atomic E-state index is -0.609. The molecule has 0 bridgehead atoms. The third kappa shape index (κ3) is 3.09. The first kappa shape index (κ1) is 19.2. The van der Waals surface area contributed by atoms with E-state index in [0.717, 1.165) is 16.7 Å².